The van der Waals surface area contributed by atoms with E-state index >= 15 is 0 Å². The number of phenolic OH excluding ortho intramolecular Hbond substituents is 1. The molecule has 1 aliphatic carbocycles. The van der Waals surface area contributed by atoms with Crippen molar-refractivity contribution in [3.8, 4) is 5.75 Å². The minimum Gasteiger partial charge on any atom is -0.508 e. The molecule has 1 aliphatic rings. The van der Waals surface area contributed by atoms with E-state index in [-0.39, 0.29) is 6.10 Å². The van der Waals surface area contributed by atoms with Crippen LogP contribution in [0.1, 0.15) is 23.7 Å². The van der Waals surface area contributed by atoms with Gasteiger partial charge in [0.05, 0.1) is 6.10 Å². The van der Waals surface area contributed by atoms with Gasteiger partial charge in [0.1, 0.15) is 11.9 Å². The van der Waals surface area contributed by atoms with Crippen molar-refractivity contribution in [2.45, 2.75) is 25.0 Å². The van der Waals surface area contributed by atoms with Gasteiger partial charge in [-0.15, -0.1) is 0 Å². The Kier molecular flexibility index (Phi) is 2.44. The van der Waals surface area contributed by atoms with E-state index in [1.807, 2.05) is 6.07 Å². The highest BCUT2D eigenvalue weighted by Crippen LogP contribution is 2.36. The van der Waals surface area contributed by atoms with Gasteiger partial charge in [0.25, 0.3) is 0 Å². The number of ether oxygens (including phenoxy) is 1. The lowest BCUT2D eigenvalue weighted by molar-refractivity contribution is -0.0236. The minimum absolute atomic E-state index is 0.300. The first kappa shape index (κ1) is 9.49. The fourth-order valence-corrected chi connectivity index (χ4v) is 2.07. The van der Waals surface area contributed by atoms with Crippen molar-refractivity contribution in [3.05, 3.63) is 29.3 Å². The molecule has 1 aromatic rings. The van der Waals surface area contributed by atoms with Gasteiger partial charge in [-0.25, -0.2) is 0 Å². The Balaban J connectivity index is 2.46. The predicted octanol–water partition coefficient (Wildman–Crippen LogP) is 1.39. The number of benzene rings is 1. The molecule has 2 atom stereocenters. The second-order valence-corrected chi connectivity index (χ2v) is 3.61. The van der Waals surface area contributed by atoms with Crippen molar-refractivity contribution < 1.29 is 14.9 Å². The second kappa shape index (κ2) is 3.59. The summed E-state index contributed by atoms with van der Waals surface area (Å²) in [4.78, 5) is 0. The molecule has 1 aromatic carbocycles. The Hall–Kier alpha value is -1.06. The van der Waals surface area contributed by atoms with Gasteiger partial charge in [0, 0.05) is 7.11 Å². The van der Waals surface area contributed by atoms with Crippen molar-refractivity contribution in [1.29, 1.82) is 0 Å². The van der Waals surface area contributed by atoms with Crippen LogP contribution in [0.25, 0.3) is 0 Å². The van der Waals surface area contributed by atoms with Gasteiger partial charge >= 0.3 is 0 Å². The summed E-state index contributed by atoms with van der Waals surface area (Å²) in [6, 6.07) is 5.34. The summed E-state index contributed by atoms with van der Waals surface area (Å²) in [5.41, 5.74) is 1.82. The number of aliphatic hydroxyl groups is 1. The number of aromatic hydroxyl groups is 1. The summed E-state index contributed by atoms with van der Waals surface area (Å²) >= 11 is 0. The first-order valence-corrected chi connectivity index (χ1v) is 4.75. The molecule has 0 saturated heterocycles. The highest BCUT2D eigenvalue weighted by atomic mass is 16.5. The van der Waals surface area contributed by atoms with E-state index in [9.17, 15) is 10.2 Å². The van der Waals surface area contributed by atoms with E-state index in [2.05, 4.69) is 0 Å². The minimum atomic E-state index is -0.464. The van der Waals surface area contributed by atoms with E-state index in [0.717, 1.165) is 11.1 Å². The number of methoxy groups -OCH3 is 1. The molecule has 2 rings (SSSR count). The number of fused-ring (bicyclic) bond motifs is 1. The maximum absolute atomic E-state index is 9.70. The Morgan fingerprint density at radius 3 is 2.93 bits per heavy atom. The molecule has 0 amide bonds. The lowest BCUT2D eigenvalue weighted by Crippen LogP contribution is -2.26. The second-order valence-electron chi connectivity index (χ2n) is 3.61. The third-order valence-corrected chi connectivity index (χ3v) is 2.79. The molecule has 0 saturated carbocycles. The number of hydrogen-bond donors (Lipinski definition) is 2. The molecule has 2 N–H and O–H groups in total. The van der Waals surface area contributed by atoms with Crippen LogP contribution in [0.2, 0.25) is 0 Å². The van der Waals surface area contributed by atoms with Gasteiger partial charge < -0.3 is 14.9 Å². The van der Waals surface area contributed by atoms with E-state index in [1.165, 1.54) is 0 Å². The normalized spacial score (nSPS) is 25.9. The van der Waals surface area contributed by atoms with Gasteiger partial charge in [-0.3, -0.25) is 0 Å². The fraction of sp³-hybridized carbons (Fsp3) is 0.455. The van der Waals surface area contributed by atoms with E-state index in [1.54, 1.807) is 19.2 Å². The van der Waals surface area contributed by atoms with Crippen molar-refractivity contribution in [3.63, 3.8) is 0 Å². The molecule has 76 valence electrons. The lowest BCUT2D eigenvalue weighted by Gasteiger charge is -2.29. The number of aliphatic hydroxyl groups excluding tert-OH is 1. The maximum Gasteiger partial charge on any atom is 0.119 e. The summed E-state index contributed by atoms with van der Waals surface area (Å²) in [5, 5.41) is 19.3. The summed E-state index contributed by atoms with van der Waals surface area (Å²) < 4.78 is 5.22. The van der Waals surface area contributed by atoms with Gasteiger partial charge in [-0.2, -0.15) is 0 Å². The molecule has 0 bridgehead atoms. The predicted molar refractivity (Wildman–Crippen MR) is 52.2 cm³/mol. The topological polar surface area (TPSA) is 49.7 Å². The summed E-state index contributed by atoms with van der Waals surface area (Å²) in [7, 11) is 1.58. The standard InChI is InChI=1S/C11H14O3/c1-14-11-8-3-2-4-9(12)7(8)5-6-10(11)13/h2-4,10-13H,5-6H2,1H3/t10-,11-/m1/s1. The van der Waals surface area contributed by atoms with Crippen molar-refractivity contribution >= 4 is 0 Å². The Morgan fingerprint density at radius 1 is 1.43 bits per heavy atom. The Bertz CT molecular complexity index is 335. The average Bonchev–Trinajstić information content (AvgIpc) is 2.18. The van der Waals surface area contributed by atoms with Crippen LogP contribution in [0.5, 0.6) is 5.75 Å². The van der Waals surface area contributed by atoms with Crippen LogP contribution in [0.3, 0.4) is 0 Å². The largest absolute Gasteiger partial charge is 0.508 e. The molecule has 14 heavy (non-hydrogen) atoms. The van der Waals surface area contributed by atoms with E-state index in [0.29, 0.717) is 18.6 Å². The Morgan fingerprint density at radius 2 is 2.21 bits per heavy atom. The van der Waals surface area contributed by atoms with E-state index < -0.39 is 6.10 Å². The zero-order valence-electron chi connectivity index (χ0n) is 8.10. The van der Waals surface area contributed by atoms with Crippen LogP contribution >= 0.6 is 0 Å². The molecule has 0 heterocycles. The fourth-order valence-electron chi connectivity index (χ4n) is 2.07. The molecule has 0 radical (unpaired) electrons. The number of rotatable bonds is 1. The molecule has 0 aromatic heterocycles. The Labute approximate surface area is 83.0 Å². The van der Waals surface area contributed by atoms with Crippen molar-refractivity contribution in [2.24, 2.45) is 0 Å². The highest BCUT2D eigenvalue weighted by Gasteiger charge is 2.29. The lowest BCUT2D eigenvalue weighted by atomic mass is 9.87. The molecule has 0 aliphatic heterocycles. The molecule has 0 spiro atoms. The zero-order chi connectivity index (χ0) is 10.1. The number of hydrogen-bond acceptors (Lipinski definition) is 3. The molecule has 0 unspecified atom stereocenters. The SMILES string of the molecule is CO[C@@H]1c2cccc(O)c2CC[C@H]1O. The molecular formula is C11H14O3. The zero-order valence-corrected chi connectivity index (χ0v) is 8.10. The highest BCUT2D eigenvalue weighted by molar-refractivity contribution is 5.42. The van der Waals surface area contributed by atoms with Crippen LogP contribution in [0.15, 0.2) is 18.2 Å². The molecular weight excluding hydrogens is 180 g/mol. The first-order valence-electron chi connectivity index (χ1n) is 4.75. The van der Waals surface area contributed by atoms with Crippen molar-refractivity contribution in [1.82, 2.24) is 0 Å². The van der Waals surface area contributed by atoms with Crippen LogP contribution in [-0.4, -0.2) is 23.4 Å². The summed E-state index contributed by atoms with van der Waals surface area (Å²) in [5.74, 6) is 0.302. The van der Waals surface area contributed by atoms with Crippen LogP contribution in [0.4, 0.5) is 0 Å². The van der Waals surface area contributed by atoms with Crippen LogP contribution in [-0.2, 0) is 11.2 Å². The maximum atomic E-state index is 9.70. The number of phenols is 1. The average molecular weight is 194 g/mol. The summed E-state index contributed by atoms with van der Waals surface area (Å²) in [6.07, 6.45) is 0.590. The third kappa shape index (κ3) is 1.38. The quantitative estimate of drug-likeness (QED) is 0.710. The van der Waals surface area contributed by atoms with E-state index in [4.69, 9.17) is 4.74 Å². The third-order valence-electron chi connectivity index (χ3n) is 2.79. The summed E-state index contributed by atoms with van der Waals surface area (Å²) in [6.45, 7) is 0. The monoisotopic (exact) mass is 194 g/mol. The van der Waals surface area contributed by atoms with Gasteiger partial charge in [0.15, 0.2) is 0 Å². The van der Waals surface area contributed by atoms with Gasteiger partial charge in [-0.1, -0.05) is 12.1 Å². The first-order chi connectivity index (χ1) is 6.74. The molecule has 3 nitrogen and oxygen atoms in total. The van der Waals surface area contributed by atoms with Crippen LogP contribution < -0.4 is 0 Å². The van der Waals surface area contributed by atoms with Crippen molar-refractivity contribution in [2.75, 3.05) is 7.11 Å². The van der Waals surface area contributed by atoms with Gasteiger partial charge in [0.2, 0.25) is 0 Å². The molecule has 3 heteroatoms. The van der Waals surface area contributed by atoms with Gasteiger partial charge in [-0.05, 0) is 30.0 Å². The molecule has 0 fully saturated rings. The van der Waals surface area contributed by atoms with Crippen LogP contribution in [0, 0.1) is 0 Å². The smallest absolute Gasteiger partial charge is 0.119 e.